The number of rotatable bonds is 7. The summed E-state index contributed by atoms with van der Waals surface area (Å²) in [5.74, 6) is 2.57. The Labute approximate surface area is 112 Å². The fourth-order valence-electron chi connectivity index (χ4n) is 1.58. The van der Waals surface area contributed by atoms with Gasteiger partial charge in [0.25, 0.3) is 0 Å². The van der Waals surface area contributed by atoms with Gasteiger partial charge in [0.2, 0.25) is 0 Å². The molecule has 6 heteroatoms. The molecule has 102 valence electrons. The second kappa shape index (κ2) is 6.75. The van der Waals surface area contributed by atoms with E-state index in [0.29, 0.717) is 13.2 Å². The highest BCUT2D eigenvalue weighted by molar-refractivity contribution is 5.31. The van der Waals surface area contributed by atoms with Gasteiger partial charge in [-0.25, -0.2) is 0 Å². The number of aromatic nitrogens is 3. The molecule has 0 saturated heterocycles. The van der Waals surface area contributed by atoms with Crippen molar-refractivity contribution in [1.82, 2.24) is 20.1 Å². The number of hydrogen-bond acceptors (Lipinski definition) is 5. The summed E-state index contributed by atoms with van der Waals surface area (Å²) in [6, 6.07) is 7.54. The van der Waals surface area contributed by atoms with Gasteiger partial charge in [-0.15, -0.1) is 10.2 Å². The number of nitrogens with zero attached hydrogens (tertiary/aromatic N) is 3. The van der Waals surface area contributed by atoms with E-state index in [9.17, 15) is 0 Å². The van der Waals surface area contributed by atoms with Crippen molar-refractivity contribution in [3.05, 3.63) is 36.4 Å². The fourth-order valence-corrected chi connectivity index (χ4v) is 1.58. The van der Waals surface area contributed by atoms with Gasteiger partial charge >= 0.3 is 0 Å². The molecule has 1 heterocycles. The molecule has 19 heavy (non-hydrogen) atoms. The summed E-state index contributed by atoms with van der Waals surface area (Å²) in [5.41, 5.74) is 0. The van der Waals surface area contributed by atoms with E-state index in [1.807, 2.05) is 35.9 Å². The summed E-state index contributed by atoms with van der Waals surface area (Å²) in [6.45, 7) is 2.03. The predicted molar refractivity (Wildman–Crippen MR) is 71.2 cm³/mol. The van der Waals surface area contributed by atoms with E-state index in [-0.39, 0.29) is 0 Å². The maximum atomic E-state index is 5.59. The summed E-state index contributed by atoms with van der Waals surface area (Å²) < 4.78 is 12.6. The minimum atomic E-state index is 0.601. The van der Waals surface area contributed by atoms with Crippen LogP contribution in [0.5, 0.6) is 11.5 Å². The van der Waals surface area contributed by atoms with Crippen LogP contribution >= 0.6 is 0 Å². The van der Waals surface area contributed by atoms with E-state index in [1.165, 1.54) is 0 Å². The molecule has 0 spiro atoms. The lowest BCUT2D eigenvalue weighted by atomic mass is 10.3. The number of aryl methyl sites for hydroxylation is 1. The topological polar surface area (TPSA) is 61.2 Å². The molecule has 2 aromatic rings. The molecular weight excluding hydrogens is 244 g/mol. The quantitative estimate of drug-likeness (QED) is 0.754. The first-order valence-corrected chi connectivity index (χ1v) is 6.10. The minimum absolute atomic E-state index is 0.601. The molecule has 6 nitrogen and oxygen atoms in total. The molecule has 0 atom stereocenters. The van der Waals surface area contributed by atoms with E-state index in [4.69, 9.17) is 9.47 Å². The number of nitrogens with one attached hydrogen (secondary N) is 1. The molecule has 1 N–H and O–H groups in total. The molecule has 0 amide bonds. The lowest BCUT2D eigenvalue weighted by Gasteiger charge is -2.08. The zero-order chi connectivity index (χ0) is 13.5. The van der Waals surface area contributed by atoms with Crippen molar-refractivity contribution in [2.24, 2.45) is 7.05 Å². The highest BCUT2D eigenvalue weighted by Gasteiger charge is 1.99. The zero-order valence-corrected chi connectivity index (χ0v) is 11.2. The Kier molecular flexibility index (Phi) is 4.74. The summed E-state index contributed by atoms with van der Waals surface area (Å²) >= 11 is 0. The number of benzene rings is 1. The van der Waals surface area contributed by atoms with E-state index in [2.05, 4.69) is 15.5 Å². The fraction of sp³-hybridized carbons (Fsp3) is 0.385. The van der Waals surface area contributed by atoms with Gasteiger partial charge in [-0.3, -0.25) is 0 Å². The average molecular weight is 262 g/mol. The second-order valence-electron chi connectivity index (χ2n) is 4.06. The van der Waals surface area contributed by atoms with Crippen LogP contribution in [0.4, 0.5) is 0 Å². The lowest BCUT2D eigenvalue weighted by molar-refractivity contribution is 0.312. The van der Waals surface area contributed by atoms with E-state index in [1.54, 1.807) is 13.4 Å². The Morgan fingerprint density at radius 1 is 1.21 bits per heavy atom. The van der Waals surface area contributed by atoms with E-state index < -0.39 is 0 Å². The maximum Gasteiger partial charge on any atom is 0.146 e. The highest BCUT2D eigenvalue weighted by atomic mass is 16.5. The van der Waals surface area contributed by atoms with Crippen molar-refractivity contribution in [1.29, 1.82) is 0 Å². The van der Waals surface area contributed by atoms with Gasteiger partial charge in [0.15, 0.2) is 0 Å². The number of ether oxygens (including phenoxy) is 2. The van der Waals surface area contributed by atoms with Crippen molar-refractivity contribution in [2.75, 3.05) is 20.3 Å². The third kappa shape index (κ3) is 3.96. The number of hydrogen-bond donors (Lipinski definition) is 1. The largest absolute Gasteiger partial charge is 0.497 e. The summed E-state index contributed by atoms with van der Waals surface area (Å²) in [7, 11) is 3.57. The van der Waals surface area contributed by atoms with Crippen molar-refractivity contribution in [2.45, 2.75) is 6.54 Å². The normalized spacial score (nSPS) is 10.4. The van der Waals surface area contributed by atoms with Gasteiger partial charge in [0.1, 0.15) is 30.3 Å². The standard InChI is InChI=1S/C13H18N4O2/c1-17-10-15-16-13(17)9-14-7-8-19-12-5-3-11(18-2)4-6-12/h3-6,10,14H,7-9H2,1-2H3. The van der Waals surface area contributed by atoms with E-state index in [0.717, 1.165) is 23.9 Å². The molecule has 0 aliphatic heterocycles. The van der Waals surface area contributed by atoms with Gasteiger partial charge in [0, 0.05) is 13.6 Å². The third-order valence-electron chi connectivity index (χ3n) is 2.70. The summed E-state index contributed by atoms with van der Waals surface area (Å²) in [6.07, 6.45) is 1.69. The van der Waals surface area contributed by atoms with Crippen LogP contribution in [-0.4, -0.2) is 35.0 Å². The van der Waals surface area contributed by atoms with Crippen LogP contribution in [-0.2, 0) is 13.6 Å². The zero-order valence-electron chi connectivity index (χ0n) is 11.2. The Hall–Kier alpha value is -2.08. The number of methoxy groups -OCH3 is 1. The molecule has 0 radical (unpaired) electrons. The molecule has 0 aliphatic rings. The smallest absolute Gasteiger partial charge is 0.146 e. The molecule has 0 bridgehead atoms. The van der Waals surface area contributed by atoms with Crippen molar-refractivity contribution >= 4 is 0 Å². The van der Waals surface area contributed by atoms with Crippen LogP contribution < -0.4 is 14.8 Å². The first-order chi connectivity index (χ1) is 9.29. The molecule has 0 saturated carbocycles. The molecule has 1 aromatic heterocycles. The highest BCUT2D eigenvalue weighted by Crippen LogP contribution is 2.16. The predicted octanol–water partition coefficient (Wildman–Crippen LogP) is 0.992. The molecule has 0 unspecified atom stereocenters. The Morgan fingerprint density at radius 3 is 2.58 bits per heavy atom. The van der Waals surface area contributed by atoms with Gasteiger partial charge in [-0.2, -0.15) is 0 Å². The summed E-state index contributed by atoms with van der Waals surface area (Å²) in [5, 5.41) is 11.0. The first-order valence-electron chi connectivity index (χ1n) is 6.10. The van der Waals surface area contributed by atoms with Gasteiger partial charge in [-0.1, -0.05) is 0 Å². The van der Waals surface area contributed by atoms with Crippen LogP contribution in [0, 0.1) is 0 Å². The maximum absolute atomic E-state index is 5.59. The van der Waals surface area contributed by atoms with Gasteiger partial charge in [0.05, 0.1) is 13.7 Å². The Balaban J connectivity index is 1.65. The SMILES string of the molecule is COc1ccc(OCCNCc2nncn2C)cc1. The van der Waals surface area contributed by atoms with Crippen LogP contribution in [0.15, 0.2) is 30.6 Å². The lowest BCUT2D eigenvalue weighted by Crippen LogP contribution is -2.22. The second-order valence-corrected chi connectivity index (χ2v) is 4.06. The first kappa shape index (κ1) is 13.4. The average Bonchev–Trinajstić information content (AvgIpc) is 2.85. The monoisotopic (exact) mass is 262 g/mol. The van der Waals surface area contributed by atoms with E-state index >= 15 is 0 Å². The summed E-state index contributed by atoms with van der Waals surface area (Å²) in [4.78, 5) is 0. The molecular formula is C13H18N4O2. The molecule has 1 aromatic carbocycles. The van der Waals surface area contributed by atoms with Crippen molar-refractivity contribution < 1.29 is 9.47 Å². The van der Waals surface area contributed by atoms with Crippen LogP contribution in [0.1, 0.15) is 5.82 Å². The molecule has 2 rings (SSSR count). The van der Waals surface area contributed by atoms with Crippen molar-refractivity contribution in [3.63, 3.8) is 0 Å². The Bertz CT molecular complexity index is 496. The van der Waals surface area contributed by atoms with Gasteiger partial charge < -0.3 is 19.4 Å². The molecule has 0 aliphatic carbocycles. The van der Waals surface area contributed by atoms with Crippen molar-refractivity contribution in [3.8, 4) is 11.5 Å². The van der Waals surface area contributed by atoms with Crippen LogP contribution in [0.2, 0.25) is 0 Å². The van der Waals surface area contributed by atoms with Crippen LogP contribution in [0.25, 0.3) is 0 Å². The Morgan fingerprint density at radius 2 is 1.95 bits per heavy atom. The third-order valence-corrected chi connectivity index (χ3v) is 2.70. The van der Waals surface area contributed by atoms with Crippen LogP contribution in [0.3, 0.4) is 0 Å². The van der Waals surface area contributed by atoms with Gasteiger partial charge in [-0.05, 0) is 24.3 Å². The minimum Gasteiger partial charge on any atom is -0.497 e. The molecule has 0 fully saturated rings.